The minimum atomic E-state index is -0.749. The fourth-order valence-corrected chi connectivity index (χ4v) is 3.25. The lowest BCUT2D eigenvalue weighted by atomic mass is 9.85. The molecule has 0 spiro atoms. The van der Waals surface area contributed by atoms with Crippen LogP contribution < -0.4 is 4.74 Å². The van der Waals surface area contributed by atoms with Crippen LogP contribution in [0.15, 0.2) is 6.20 Å². The van der Waals surface area contributed by atoms with Crippen LogP contribution in [0.1, 0.15) is 42.5 Å². The van der Waals surface area contributed by atoms with Gasteiger partial charge in [0.15, 0.2) is 0 Å². The van der Waals surface area contributed by atoms with E-state index in [1.807, 2.05) is 6.92 Å². The number of aliphatic hydroxyl groups is 1. The van der Waals surface area contributed by atoms with Crippen molar-refractivity contribution in [1.82, 2.24) is 9.97 Å². The van der Waals surface area contributed by atoms with Gasteiger partial charge in [-0.25, -0.2) is 9.78 Å². The third-order valence-corrected chi connectivity index (χ3v) is 4.21. The average molecular weight is 304 g/mol. The Morgan fingerprint density at radius 3 is 3.09 bits per heavy atom. The normalized spacial score (nSPS) is 17.3. The fourth-order valence-electron chi connectivity index (χ4n) is 3.25. The molecule has 0 aromatic carbocycles. The van der Waals surface area contributed by atoms with Crippen LogP contribution in [0, 0.1) is 6.92 Å². The number of aliphatic hydroxyl groups excluding tert-OH is 1. The van der Waals surface area contributed by atoms with E-state index in [1.54, 1.807) is 13.1 Å². The quantitative estimate of drug-likeness (QED) is 0.852. The topological polar surface area (TPSA) is 84.4 Å². The van der Waals surface area contributed by atoms with Crippen molar-refractivity contribution in [2.75, 3.05) is 13.2 Å². The zero-order chi connectivity index (χ0) is 15.7. The Morgan fingerprint density at radius 2 is 2.36 bits per heavy atom. The summed E-state index contributed by atoms with van der Waals surface area (Å²) >= 11 is 0. The molecule has 1 aliphatic rings. The standard InChI is InChI=1S/C16H20N2O4/c1-3-21-16(20)22-15-9(2)13-12(7-17-15)18-11-6-4-5-10(8-19)14(11)13/h7,10,18-19H,3-6,8H2,1-2H3. The predicted octanol–water partition coefficient (Wildman–Crippen LogP) is 2.82. The van der Waals surface area contributed by atoms with E-state index in [0.717, 1.165) is 47.0 Å². The van der Waals surface area contributed by atoms with Crippen molar-refractivity contribution in [3.05, 3.63) is 23.0 Å². The van der Waals surface area contributed by atoms with Gasteiger partial charge in [-0.15, -0.1) is 0 Å². The summed E-state index contributed by atoms with van der Waals surface area (Å²) in [6.45, 7) is 3.97. The molecule has 3 rings (SSSR count). The number of aryl methyl sites for hydroxylation is 2. The first-order chi connectivity index (χ1) is 10.7. The van der Waals surface area contributed by atoms with Crippen LogP contribution in [0.2, 0.25) is 0 Å². The summed E-state index contributed by atoms with van der Waals surface area (Å²) in [5.74, 6) is 0.379. The minimum absolute atomic E-state index is 0.119. The molecule has 22 heavy (non-hydrogen) atoms. The molecule has 0 radical (unpaired) electrons. The fraction of sp³-hybridized carbons (Fsp3) is 0.500. The number of fused-ring (bicyclic) bond motifs is 3. The van der Waals surface area contributed by atoms with E-state index in [0.29, 0.717) is 0 Å². The molecule has 0 aliphatic heterocycles. The Morgan fingerprint density at radius 1 is 1.55 bits per heavy atom. The molecule has 0 fully saturated rings. The van der Waals surface area contributed by atoms with Gasteiger partial charge in [0.2, 0.25) is 5.88 Å². The number of aromatic nitrogens is 2. The number of hydrogen-bond acceptors (Lipinski definition) is 5. The summed E-state index contributed by atoms with van der Waals surface area (Å²) in [7, 11) is 0. The van der Waals surface area contributed by atoms with Gasteiger partial charge in [0.25, 0.3) is 0 Å². The second kappa shape index (κ2) is 5.96. The average Bonchev–Trinajstić information content (AvgIpc) is 2.89. The molecule has 2 aromatic rings. The first-order valence-corrected chi connectivity index (χ1v) is 7.61. The summed E-state index contributed by atoms with van der Waals surface area (Å²) in [5, 5.41) is 10.7. The molecular formula is C16H20N2O4. The zero-order valence-electron chi connectivity index (χ0n) is 12.8. The molecule has 0 saturated carbocycles. The molecule has 6 heteroatoms. The van der Waals surface area contributed by atoms with Crippen LogP contribution in [0.4, 0.5) is 4.79 Å². The smallest absolute Gasteiger partial charge is 0.434 e. The highest BCUT2D eigenvalue weighted by Gasteiger charge is 2.26. The molecule has 0 amide bonds. The van der Waals surface area contributed by atoms with Crippen LogP contribution in [0.25, 0.3) is 10.9 Å². The number of ether oxygens (including phenoxy) is 2. The molecule has 2 aromatic heterocycles. The number of pyridine rings is 1. The molecule has 2 heterocycles. The van der Waals surface area contributed by atoms with Crippen LogP contribution in [-0.4, -0.2) is 34.4 Å². The first-order valence-electron chi connectivity index (χ1n) is 7.61. The van der Waals surface area contributed by atoms with Gasteiger partial charge in [0, 0.05) is 22.6 Å². The number of hydrogen-bond donors (Lipinski definition) is 2. The van der Waals surface area contributed by atoms with Gasteiger partial charge >= 0.3 is 6.16 Å². The highest BCUT2D eigenvalue weighted by atomic mass is 16.7. The third-order valence-electron chi connectivity index (χ3n) is 4.21. The second-order valence-electron chi connectivity index (χ2n) is 5.55. The van der Waals surface area contributed by atoms with Crippen LogP contribution >= 0.6 is 0 Å². The Bertz CT molecular complexity index is 708. The van der Waals surface area contributed by atoms with Gasteiger partial charge in [0.1, 0.15) is 0 Å². The van der Waals surface area contributed by atoms with E-state index >= 15 is 0 Å². The maximum atomic E-state index is 11.5. The number of carbonyl (C=O) groups is 1. The summed E-state index contributed by atoms with van der Waals surface area (Å²) in [5.41, 5.74) is 4.00. The number of H-pyrrole nitrogens is 1. The van der Waals surface area contributed by atoms with Crippen molar-refractivity contribution in [2.24, 2.45) is 0 Å². The Hall–Kier alpha value is -2.08. The maximum absolute atomic E-state index is 11.5. The number of nitrogens with zero attached hydrogens (tertiary/aromatic N) is 1. The molecule has 6 nitrogen and oxygen atoms in total. The lowest BCUT2D eigenvalue weighted by molar-refractivity contribution is 0.102. The third kappa shape index (κ3) is 2.43. The van der Waals surface area contributed by atoms with Gasteiger partial charge in [-0.3, -0.25) is 0 Å². The molecular weight excluding hydrogens is 284 g/mol. The van der Waals surface area contributed by atoms with E-state index in [4.69, 9.17) is 9.47 Å². The summed E-state index contributed by atoms with van der Waals surface area (Å²) in [6.07, 6.45) is 3.91. The van der Waals surface area contributed by atoms with E-state index in [9.17, 15) is 9.90 Å². The zero-order valence-corrected chi connectivity index (χ0v) is 12.8. The number of rotatable bonds is 3. The van der Waals surface area contributed by atoms with Gasteiger partial charge in [-0.2, -0.15) is 0 Å². The van der Waals surface area contributed by atoms with Crippen molar-refractivity contribution in [3.63, 3.8) is 0 Å². The summed E-state index contributed by atoms with van der Waals surface area (Å²) in [6, 6.07) is 0. The van der Waals surface area contributed by atoms with Gasteiger partial charge in [0.05, 0.1) is 24.9 Å². The van der Waals surface area contributed by atoms with E-state index in [2.05, 4.69) is 9.97 Å². The van der Waals surface area contributed by atoms with E-state index < -0.39 is 6.16 Å². The number of carbonyl (C=O) groups excluding carboxylic acids is 1. The van der Waals surface area contributed by atoms with Crippen LogP contribution in [0.3, 0.4) is 0 Å². The van der Waals surface area contributed by atoms with Crippen molar-refractivity contribution in [1.29, 1.82) is 0 Å². The Balaban J connectivity index is 2.08. The van der Waals surface area contributed by atoms with Crippen molar-refractivity contribution in [2.45, 2.75) is 39.0 Å². The number of aromatic amines is 1. The molecule has 0 bridgehead atoms. The van der Waals surface area contributed by atoms with Gasteiger partial charge < -0.3 is 19.6 Å². The largest absolute Gasteiger partial charge is 0.515 e. The molecule has 1 aliphatic carbocycles. The van der Waals surface area contributed by atoms with Crippen LogP contribution in [0.5, 0.6) is 5.88 Å². The maximum Gasteiger partial charge on any atom is 0.515 e. The van der Waals surface area contributed by atoms with E-state index in [-0.39, 0.29) is 25.0 Å². The predicted molar refractivity (Wildman–Crippen MR) is 81.2 cm³/mol. The summed E-state index contributed by atoms with van der Waals surface area (Å²) < 4.78 is 9.97. The lowest BCUT2D eigenvalue weighted by Crippen LogP contribution is -2.13. The SMILES string of the molecule is CCOC(=O)Oc1ncc2[nH]c3c(c2c1C)C(CO)CCC3. The molecule has 1 atom stereocenters. The van der Waals surface area contributed by atoms with Crippen molar-refractivity contribution >= 4 is 17.1 Å². The monoisotopic (exact) mass is 304 g/mol. The molecule has 118 valence electrons. The second-order valence-corrected chi connectivity index (χ2v) is 5.55. The Labute approximate surface area is 128 Å². The first kappa shape index (κ1) is 14.8. The van der Waals surface area contributed by atoms with E-state index in [1.165, 1.54) is 0 Å². The molecule has 1 unspecified atom stereocenters. The highest BCUT2D eigenvalue weighted by molar-refractivity contribution is 5.89. The van der Waals surface area contributed by atoms with Gasteiger partial charge in [-0.1, -0.05) is 0 Å². The summed E-state index contributed by atoms with van der Waals surface area (Å²) in [4.78, 5) is 19.1. The number of nitrogens with one attached hydrogen (secondary N) is 1. The molecule has 0 saturated heterocycles. The Kier molecular flexibility index (Phi) is 4.02. The van der Waals surface area contributed by atoms with Gasteiger partial charge in [-0.05, 0) is 38.7 Å². The highest BCUT2D eigenvalue weighted by Crippen LogP contribution is 2.39. The van der Waals surface area contributed by atoms with Crippen molar-refractivity contribution < 1.29 is 19.4 Å². The van der Waals surface area contributed by atoms with Crippen LogP contribution in [-0.2, 0) is 11.2 Å². The van der Waals surface area contributed by atoms with Crippen molar-refractivity contribution in [3.8, 4) is 5.88 Å². The molecule has 2 N–H and O–H groups in total. The lowest BCUT2D eigenvalue weighted by Gasteiger charge is -2.21. The minimum Gasteiger partial charge on any atom is -0.434 e.